The Labute approximate surface area is 108 Å². The number of aryl methyl sites for hydroxylation is 1. The standard InChI is InChI=1S/C8H11NO3S.Na.H/c1-7-5-3-4-6-8(7)9(2)13(10,11)12;;/h3-6H,1-2H3,(H,10,11,12);;/q;+1;-1. The first-order valence-corrected chi connectivity index (χ1v) is 5.09. The van der Waals surface area contributed by atoms with Gasteiger partial charge in [0.15, 0.2) is 0 Å². The van der Waals surface area contributed by atoms with E-state index >= 15 is 0 Å². The van der Waals surface area contributed by atoms with Gasteiger partial charge in [0.1, 0.15) is 0 Å². The number of nitrogens with zero attached hydrogens (tertiary/aromatic N) is 1. The van der Waals surface area contributed by atoms with Gasteiger partial charge in [-0.2, -0.15) is 8.42 Å². The predicted molar refractivity (Wildman–Crippen MR) is 52.2 cm³/mol. The first-order valence-electron chi connectivity index (χ1n) is 3.70. The molecule has 0 saturated heterocycles. The van der Waals surface area contributed by atoms with E-state index in [1.54, 1.807) is 31.2 Å². The molecule has 0 fully saturated rings. The van der Waals surface area contributed by atoms with E-state index in [9.17, 15) is 8.42 Å². The van der Waals surface area contributed by atoms with Crippen molar-refractivity contribution in [1.29, 1.82) is 0 Å². The maximum Gasteiger partial charge on any atom is 1.00 e. The van der Waals surface area contributed by atoms with Crippen LogP contribution in [0.4, 0.5) is 5.69 Å². The second-order valence-corrected chi connectivity index (χ2v) is 4.18. The van der Waals surface area contributed by atoms with Crippen molar-refractivity contribution >= 4 is 16.0 Å². The summed E-state index contributed by atoms with van der Waals surface area (Å²) in [4.78, 5) is 0. The Kier molecular flexibility index (Phi) is 5.11. The molecule has 0 saturated carbocycles. The number of anilines is 1. The van der Waals surface area contributed by atoms with Crippen molar-refractivity contribution in [3.05, 3.63) is 29.8 Å². The SMILES string of the molecule is Cc1ccccc1N(C)S(=O)(=O)O.[H-].[Na+]. The van der Waals surface area contributed by atoms with Crippen LogP contribution in [-0.2, 0) is 10.3 Å². The molecule has 0 unspecified atom stereocenters. The van der Waals surface area contributed by atoms with E-state index < -0.39 is 10.3 Å². The summed E-state index contributed by atoms with van der Waals surface area (Å²) in [6, 6.07) is 6.92. The normalized spacial score (nSPS) is 10.5. The van der Waals surface area contributed by atoms with Crippen LogP contribution >= 0.6 is 0 Å². The van der Waals surface area contributed by atoms with Crippen molar-refractivity contribution < 1.29 is 44.0 Å². The Bertz CT molecular complexity index is 410. The summed E-state index contributed by atoms with van der Waals surface area (Å²) in [6.45, 7) is 1.77. The third kappa shape index (κ3) is 3.25. The quantitative estimate of drug-likeness (QED) is 0.484. The number of rotatable bonds is 2. The van der Waals surface area contributed by atoms with Crippen molar-refractivity contribution in [1.82, 2.24) is 0 Å². The molecule has 1 aromatic carbocycles. The molecule has 1 aromatic rings. The zero-order chi connectivity index (χ0) is 10.1. The number of hydrogen-bond donors (Lipinski definition) is 1. The van der Waals surface area contributed by atoms with E-state index in [4.69, 9.17) is 4.55 Å². The molecule has 0 aliphatic heterocycles. The van der Waals surface area contributed by atoms with E-state index in [1.807, 2.05) is 0 Å². The summed E-state index contributed by atoms with van der Waals surface area (Å²) in [5, 5.41) is 0. The van der Waals surface area contributed by atoms with Crippen molar-refractivity contribution in [2.45, 2.75) is 6.92 Å². The van der Waals surface area contributed by atoms with Gasteiger partial charge in [0.25, 0.3) is 0 Å². The smallest absolute Gasteiger partial charge is 1.00 e. The molecule has 0 aliphatic rings. The monoisotopic (exact) mass is 225 g/mol. The van der Waals surface area contributed by atoms with Gasteiger partial charge >= 0.3 is 39.9 Å². The topological polar surface area (TPSA) is 57.6 Å². The van der Waals surface area contributed by atoms with Gasteiger partial charge in [-0.3, -0.25) is 8.86 Å². The van der Waals surface area contributed by atoms with Crippen molar-refractivity contribution in [2.24, 2.45) is 0 Å². The van der Waals surface area contributed by atoms with Crippen LogP contribution in [0.1, 0.15) is 6.99 Å². The average molecular weight is 225 g/mol. The molecule has 0 spiro atoms. The number of para-hydroxylation sites is 1. The van der Waals surface area contributed by atoms with Crippen LogP contribution in [0.25, 0.3) is 0 Å². The fraction of sp³-hybridized carbons (Fsp3) is 0.250. The van der Waals surface area contributed by atoms with Crippen LogP contribution < -0.4 is 33.9 Å². The van der Waals surface area contributed by atoms with Crippen molar-refractivity contribution in [3.8, 4) is 0 Å². The van der Waals surface area contributed by atoms with Crippen LogP contribution in [0.15, 0.2) is 24.3 Å². The van der Waals surface area contributed by atoms with Gasteiger partial charge in [0.05, 0.1) is 5.69 Å². The largest absolute Gasteiger partial charge is 1.00 e. The van der Waals surface area contributed by atoms with Crippen LogP contribution in [0.2, 0.25) is 0 Å². The fourth-order valence-corrected chi connectivity index (χ4v) is 1.49. The van der Waals surface area contributed by atoms with Gasteiger partial charge in [-0.15, -0.1) is 0 Å². The minimum Gasteiger partial charge on any atom is -1.00 e. The third-order valence-electron chi connectivity index (χ3n) is 1.80. The van der Waals surface area contributed by atoms with Gasteiger partial charge in [-0.05, 0) is 18.6 Å². The summed E-state index contributed by atoms with van der Waals surface area (Å²) in [7, 11) is -2.84. The number of hydrogen-bond acceptors (Lipinski definition) is 2. The minimum atomic E-state index is -4.15. The zero-order valence-corrected chi connectivity index (χ0v) is 11.2. The average Bonchev–Trinajstić information content (AvgIpc) is 2.02. The Morgan fingerprint density at radius 2 is 1.86 bits per heavy atom. The van der Waals surface area contributed by atoms with Crippen LogP contribution in [-0.4, -0.2) is 20.0 Å². The van der Waals surface area contributed by atoms with Crippen LogP contribution in [0.5, 0.6) is 0 Å². The van der Waals surface area contributed by atoms with Crippen LogP contribution in [0.3, 0.4) is 0 Å². The maximum absolute atomic E-state index is 10.8. The first kappa shape index (κ1) is 13.9. The van der Waals surface area contributed by atoms with Crippen molar-refractivity contribution in [3.63, 3.8) is 0 Å². The molecule has 1 N–H and O–H groups in total. The van der Waals surface area contributed by atoms with Gasteiger partial charge in [-0.1, -0.05) is 18.2 Å². The van der Waals surface area contributed by atoms with Gasteiger partial charge in [-0.25, -0.2) is 0 Å². The van der Waals surface area contributed by atoms with Gasteiger partial charge in [0.2, 0.25) is 0 Å². The van der Waals surface area contributed by atoms with E-state index in [-0.39, 0.29) is 31.0 Å². The molecule has 0 amide bonds. The molecule has 0 aliphatic carbocycles. The Hall–Kier alpha value is -0.0700. The molecule has 0 aromatic heterocycles. The molecule has 74 valence electrons. The predicted octanol–water partition coefficient (Wildman–Crippen LogP) is -1.65. The summed E-state index contributed by atoms with van der Waals surface area (Å²) in [6.07, 6.45) is 0. The van der Waals surface area contributed by atoms with E-state index in [2.05, 4.69) is 0 Å². The number of benzene rings is 1. The molecule has 0 heterocycles. The molecular weight excluding hydrogens is 213 g/mol. The molecule has 0 atom stereocenters. The molecule has 14 heavy (non-hydrogen) atoms. The molecule has 6 heteroatoms. The summed E-state index contributed by atoms with van der Waals surface area (Å²) >= 11 is 0. The maximum atomic E-state index is 10.8. The molecule has 0 bridgehead atoms. The molecule has 1 rings (SSSR count). The summed E-state index contributed by atoms with van der Waals surface area (Å²) in [5.74, 6) is 0. The van der Waals surface area contributed by atoms with E-state index in [1.165, 1.54) is 7.05 Å². The van der Waals surface area contributed by atoms with Crippen molar-refractivity contribution in [2.75, 3.05) is 11.4 Å². The second kappa shape index (κ2) is 5.14. The van der Waals surface area contributed by atoms with Gasteiger partial charge < -0.3 is 1.43 Å². The Morgan fingerprint density at radius 3 is 2.29 bits per heavy atom. The summed E-state index contributed by atoms with van der Waals surface area (Å²) < 4.78 is 31.1. The third-order valence-corrected chi connectivity index (χ3v) is 2.69. The zero-order valence-electron chi connectivity index (χ0n) is 9.43. The Balaban J connectivity index is 0. The van der Waals surface area contributed by atoms with Gasteiger partial charge in [0, 0.05) is 7.05 Å². The van der Waals surface area contributed by atoms with E-state index in [0.717, 1.165) is 9.87 Å². The minimum absolute atomic E-state index is 0. The fourth-order valence-electron chi connectivity index (χ4n) is 1.04. The van der Waals surface area contributed by atoms with E-state index in [0.29, 0.717) is 5.69 Å². The Morgan fingerprint density at radius 1 is 1.36 bits per heavy atom. The molecule has 0 radical (unpaired) electrons. The first-order chi connectivity index (χ1) is 5.93. The molecular formula is C8H12NNaO3S. The second-order valence-electron chi connectivity index (χ2n) is 2.73. The van der Waals surface area contributed by atoms with Crippen LogP contribution in [0, 0.1) is 6.92 Å². The summed E-state index contributed by atoms with van der Waals surface area (Å²) in [5.41, 5.74) is 1.27. The molecule has 4 nitrogen and oxygen atoms in total.